The van der Waals surface area contributed by atoms with Crippen molar-refractivity contribution in [1.82, 2.24) is 0 Å². The van der Waals surface area contributed by atoms with Crippen molar-refractivity contribution in [3.05, 3.63) is 0 Å². The standard InChI is InChI=1S/C29H50/c1-20-9-10-21-26(20,5)12-11-22-27(21,6)16-18-29(8)23-19-24(2,3)13-14-25(23,4)15-17-28(22,29)7/h20-23H,9-19H2,1-8H3/t20-,21+,22-,23+,25+,26+,27-,28+,29-/m0/s1. The zero-order chi connectivity index (χ0) is 21.1. The summed E-state index contributed by atoms with van der Waals surface area (Å²) < 4.78 is 0. The summed E-state index contributed by atoms with van der Waals surface area (Å²) in [4.78, 5) is 0. The van der Waals surface area contributed by atoms with Crippen LogP contribution in [0.1, 0.15) is 126 Å². The van der Waals surface area contributed by atoms with Crippen LogP contribution in [0, 0.1) is 56.2 Å². The fourth-order valence-electron chi connectivity index (χ4n) is 11.1. The molecular weight excluding hydrogens is 348 g/mol. The van der Waals surface area contributed by atoms with Crippen molar-refractivity contribution < 1.29 is 0 Å². The van der Waals surface area contributed by atoms with Gasteiger partial charge in [0.1, 0.15) is 0 Å². The molecule has 5 aliphatic rings. The molecule has 5 rings (SSSR count). The monoisotopic (exact) mass is 398 g/mol. The second-order valence-corrected chi connectivity index (χ2v) is 15.0. The van der Waals surface area contributed by atoms with E-state index in [1.165, 1.54) is 70.6 Å². The van der Waals surface area contributed by atoms with Gasteiger partial charge in [-0.2, -0.15) is 0 Å². The molecular formula is C29H50. The Morgan fingerprint density at radius 1 is 0.517 bits per heavy atom. The first-order valence-corrected chi connectivity index (χ1v) is 13.3. The summed E-state index contributed by atoms with van der Waals surface area (Å²) >= 11 is 0. The highest BCUT2D eigenvalue weighted by Crippen LogP contribution is 2.78. The summed E-state index contributed by atoms with van der Waals surface area (Å²) in [6, 6.07) is 0. The molecule has 29 heavy (non-hydrogen) atoms. The molecule has 0 nitrogen and oxygen atoms in total. The molecule has 0 unspecified atom stereocenters. The van der Waals surface area contributed by atoms with Gasteiger partial charge in [-0.25, -0.2) is 0 Å². The van der Waals surface area contributed by atoms with Gasteiger partial charge in [0.15, 0.2) is 0 Å². The van der Waals surface area contributed by atoms with Gasteiger partial charge < -0.3 is 0 Å². The third-order valence-corrected chi connectivity index (χ3v) is 13.6. The molecule has 9 atom stereocenters. The van der Waals surface area contributed by atoms with Crippen molar-refractivity contribution in [2.75, 3.05) is 0 Å². The van der Waals surface area contributed by atoms with Crippen LogP contribution in [0.4, 0.5) is 0 Å². The molecule has 0 saturated heterocycles. The first-order valence-electron chi connectivity index (χ1n) is 13.3. The molecule has 0 spiro atoms. The van der Waals surface area contributed by atoms with Crippen LogP contribution in [0.3, 0.4) is 0 Å². The Labute approximate surface area is 182 Å². The lowest BCUT2D eigenvalue weighted by Gasteiger charge is -2.74. The number of hydrogen-bond acceptors (Lipinski definition) is 0. The van der Waals surface area contributed by atoms with E-state index in [-0.39, 0.29) is 0 Å². The Balaban J connectivity index is 1.55. The molecule has 0 heteroatoms. The van der Waals surface area contributed by atoms with Gasteiger partial charge in [-0.15, -0.1) is 0 Å². The molecule has 0 aliphatic heterocycles. The Morgan fingerprint density at radius 2 is 1.14 bits per heavy atom. The smallest absolute Gasteiger partial charge is 0.0235 e. The van der Waals surface area contributed by atoms with Crippen LogP contribution < -0.4 is 0 Å². The van der Waals surface area contributed by atoms with Crippen molar-refractivity contribution >= 4 is 0 Å². The zero-order valence-corrected chi connectivity index (χ0v) is 21.1. The molecule has 5 saturated carbocycles. The van der Waals surface area contributed by atoms with Gasteiger partial charge in [0.05, 0.1) is 0 Å². The molecule has 0 aromatic rings. The fraction of sp³-hybridized carbons (Fsp3) is 1.00. The van der Waals surface area contributed by atoms with E-state index in [1.54, 1.807) is 0 Å². The van der Waals surface area contributed by atoms with Crippen LogP contribution in [0.5, 0.6) is 0 Å². The molecule has 0 aromatic carbocycles. The minimum atomic E-state index is 0.554. The van der Waals surface area contributed by atoms with Gasteiger partial charge in [0.2, 0.25) is 0 Å². The predicted molar refractivity (Wildman–Crippen MR) is 125 cm³/mol. The van der Waals surface area contributed by atoms with Crippen LogP contribution >= 0.6 is 0 Å². The number of fused-ring (bicyclic) bond motifs is 7. The molecule has 0 aromatic heterocycles. The lowest BCUT2D eigenvalue weighted by atomic mass is 9.31. The van der Waals surface area contributed by atoms with Gasteiger partial charge in [-0.05, 0) is 127 Å². The van der Waals surface area contributed by atoms with E-state index in [9.17, 15) is 0 Å². The van der Waals surface area contributed by atoms with Crippen molar-refractivity contribution in [2.45, 2.75) is 126 Å². The van der Waals surface area contributed by atoms with Crippen LogP contribution in [0.15, 0.2) is 0 Å². The number of rotatable bonds is 0. The van der Waals surface area contributed by atoms with E-state index in [0.29, 0.717) is 32.5 Å². The summed E-state index contributed by atoms with van der Waals surface area (Å²) in [6.07, 6.45) is 16.5. The highest BCUT2D eigenvalue weighted by molar-refractivity contribution is 5.19. The van der Waals surface area contributed by atoms with Crippen molar-refractivity contribution in [1.29, 1.82) is 0 Å². The maximum absolute atomic E-state index is 2.80. The maximum atomic E-state index is 2.80. The third kappa shape index (κ3) is 2.44. The molecule has 5 fully saturated rings. The molecule has 0 bridgehead atoms. The van der Waals surface area contributed by atoms with Crippen LogP contribution in [0.25, 0.3) is 0 Å². The SMILES string of the molecule is C[C@H]1CC[C@@H]2[C@]1(C)CC[C@H]1[C@@]2(C)CC[C@@]2(C)[C@@H]3CC(C)(C)CC[C@]3(C)CC[C@]12C. The topological polar surface area (TPSA) is 0 Å². The molecule has 5 aliphatic carbocycles. The highest BCUT2D eigenvalue weighted by atomic mass is 14.7. The fourth-order valence-corrected chi connectivity index (χ4v) is 11.1. The van der Waals surface area contributed by atoms with E-state index in [1.807, 2.05) is 0 Å². The van der Waals surface area contributed by atoms with Gasteiger partial charge in [0.25, 0.3) is 0 Å². The predicted octanol–water partition coefficient (Wildman–Crippen LogP) is 8.89. The lowest BCUT2D eigenvalue weighted by Crippen LogP contribution is -2.66. The first-order chi connectivity index (χ1) is 13.3. The van der Waals surface area contributed by atoms with Gasteiger partial charge in [-0.1, -0.05) is 55.4 Å². The van der Waals surface area contributed by atoms with Crippen molar-refractivity contribution in [3.8, 4) is 0 Å². The summed E-state index contributed by atoms with van der Waals surface area (Å²) in [5, 5.41) is 0. The molecule has 0 radical (unpaired) electrons. The molecule has 0 amide bonds. The Hall–Kier alpha value is 0. The summed E-state index contributed by atoms with van der Waals surface area (Å²) in [6.45, 7) is 21.5. The second kappa shape index (κ2) is 5.86. The maximum Gasteiger partial charge on any atom is -0.0235 e. The molecule has 0 heterocycles. The lowest BCUT2D eigenvalue weighted by molar-refractivity contribution is -0.248. The Kier molecular flexibility index (Phi) is 4.22. The van der Waals surface area contributed by atoms with Crippen LogP contribution in [-0.4, -0.2) is 0 Å². The summed E-state index contributed by atoms with van der Waals surface area (Å²) in [5.41, 5.74) is 3.51. The van der Waals surface area contributed by atoms with Crippen LogP contribution in [-0.2, 0) is 0 Å². The van der Waals surface area contributed by atoms with E-state index in [2.05, 4.69) is 55.4 Å². The van der Waals surface area contributed by atoms with E-state index in [4.69, 9.17) is 0 Å². The minimum Gasteiger partial charge on any atom is -0.0620 e. The highest BCUT2D eigenvalue weighted by Gasteiger charge is 2.70. The van der Waals surface area contributed by atoms with Gasteiger partial charge >= 0.3 is 0 Å². The van der Waals surface area contributed by atoms with Crippen LogP contribution in [0.2, 0.25) is 0 Å². The average molecular weight is 399 g/mol. The van der Waals surface area contributed by atoms with E-state index >= 15 is 0 Å². The van der Waals surface area contributed by atoms with Crippen molar-refractivity contribution in [3.63, 3.8) is 0 Å². The molecule has 166 valence electrons. The first kappa shape index (κ1) is 20.9. The number of hydrogen-bond donors (Lipinski definition) is 0. The minimum absolute atomic E-state index is 0.554. The molecule has 0 N–H and O–H groups in total. The second-order valence-electron chi connectivity index (χ2n) is 15.0. The van der Waals surface area contributed by atoms with Crippen molar-refractivity contribution in [2.24, 2.45) is 56.2 Å². The summed E-state index contributed by atoms with van der Waals surface area (Å²) in [5.74, 6) is 3.84. The van der Waals surface area contributed by atoms with Gasteiger partial charge in [-0.3, -0.25) is 0 Å². The quantitative estimate of drug-likeness (QED) is 0.382. The Morgan fingerprint density at radius 3 is 1.86 bits per heavy atom. The Bertz CT molecular complexity index is 690. The zero-order valence-electron chi connectivity index (χ0n) is 21.1. The largest absolute Gasteiger partial charge is 0.0620 e. The normalized spacial score (nSPS) is 61.2. The van der Waals surface area contributed by atoms with Gasteiger partial charge in [0, 0.05) is 0 Å². The van der Waals surface area contributed by atoms with E-state index in [0.717, 1.165) is 23.7 Å². The average Bonchev–Trinajstić information content (AvgIpc) is 2.95. The summed E-state index contributed by atoms with van der Waals surface area (Å²) in [7, 11) is 0. The third-order valence-electron chi connectivity index (χ3n) is 13.6. The van der Waals surface area contributed by atoms with E-state index < -0.39 is 0 Å².